The summed E-state index contributed by atoms with van der Waals surface area (Å²) >= 11 is 0. The van der Waals surface area contributed by atoms with Gasteiger partial charge in [0, 0.05) is 6.54 Å². The number of benzene rings is 2. The number of aromatic hydroxyl groups is 1. The minimum absolute atomic E-state index is 0.0377. The number of hydrogen-bond donors (Lipinski definition) is 2. The van der Waals surface area contributed by atoms with E-state index in [4.69, 9.17) is 5.11 Å². The van der Waals surface area contributed by atoms with E-state index in [2.05, 4.69) is 4.72 Å². The van der Waals surface area contributed by atoms with Crippen LogP contribution in [0.5, 0.6) is 5.75 Å². The molecule has 4 nitrogen and oxygen atoms in total. The van der Waals surface area contributed by atoms with Gasteiger partial charge in [-0.15, -0.1) is 0 Å². The Morgan fingerprint density at radius 3 is 2.22 bits per heavy atom. The Kier molecular flexibility index (Phi) is 4.96. The standard InChI is InChI=1S/C15H14F3NO3S/c16-15(17,18)14-4-2-1-3-12(14)10-23(21,22)19-9-11-5-7-13(20)8-6-11/h1-8,19-20H,9-10H2. The van der Waals surface area contributed by atoms with E-state index >= 15 is 0 Å². The molecule has 0 amide bonds. The first-order valence-corrected chi connectivity index (χ1v) is 8.23. The molecule has 0 unspecified atom stereocenters. The van der Waals surface area contributed by atoms with Crippen LogP contribution in [0.2, 0.25) is 0 Å². The number of sulfonamides is 1. The van der Waals surface area contributed by atoms with Crippen LogP contribution in [0.25, 0.3) is 0 Å². The van der Waals surface area contributed by atoms with Crippen molar-refractivity contribution in [1.82, 2.24) is 4.72 Å². The quantitative estimate of drug-likeness (QED) is 0.875. The van der Waals surface area contributed by atoms with Crippen LogP contribution in [0.15, 0.2) is 48.5 Å². The lowest BCUT2D eigenvalue weighted by molar-refractivity contribution is -0.138. The highest BCUT2D eigenvalue weighted by Gasteiger charge is 2.33. The van der Waals surface area contributed by atoms with Crippen molar-refractivity contribution >= 4 is 10.0 Å². The molecule has 0 bridgehead atoms. The molecular weight excluding hydrogens is 331 g/mol. The van der Waals surface area contributed by atoms with Crippen molar-refractivity contribution in [2.45, 2.75) is 18.5 Å². The normalized spacial score (nSPS) is 12.3. The number of rotatable bonds is 5. The zero-order valence-corrected chi connectivity index (χ0v) is 12.7. The average Bonchev–Trinajstić information content (AvgIpc) is 2.46. The van der Waals surface area contributed by atoms with Crippen LogP contribution < -0.4 is 4.72 Å². The topological polar surface area (TPSA) is 66.4 Å². The van der Waals surface area contributed by atoms with Crippen molar-refractivity contribution in [1.29, 1.82) is 0 Å². The van der Waals surface area contributed by atoms with Gasteiger partial charge in [0.1, 0.15) is 5.75 Å². The van der Waals surface area contributed by atoms with Gasteiger partial charge in [0.2, 0.25) is 10.0 Å². The largest absolute Gasteiger partial charge is 0.508 e. The number of alkyl halides is 3. The summed E-state index contributed by atoms with van der Waals surface area (Å²) in [5.74, 6) is -0.725. The maximum absolute atomic E-state index is 12.9. The lowest BCUT2D eigenvalue weighted by Gasteiger charge is -2.13. The minimum atomic E-state index is -4.61. The Bertz CT molecular complexity index is 771. The second-order valence-electron chi connectivity index (χ2n) is 4.90. The van der Waals surface area contributed by atoms with Gasteiger partial charge >= 0.3 is 6.18 Å². The van der Waals surface area contributed by atoms with Gasteiger partial charge in [-0.1, -0.05) is 30.3 Å². The fourth-order valence-electron chi connectivity index (χ4n) is 1.99. The smallest absolute Gasteiger partial charge is 0.416 e. The van der Waals surface area contributed by atoms with Crippen LogP contribution in [0, 0.1) is 0 Å². The molecule has 0 fully saturated rings. The summed E-state index contributed by atoms with van der Waals surface area (Å²) < 4.78 is 64.8. The van der Waals surface area contributed by atoms with Crippen molar-refractivity contribution in [3.63, 3.8) is 0 Å². The van der Waals surface area contributed by atoms with E-state index < -0.39 is 27.5 Å². The number of phenolic OH excluding ortho intramolecular Hbond substituents is 1. The van der Waals surface area contributed by atoms with Gasteiger partial charge in [0.15, 0.2) is 0 Å². The molecule has 0 aliphatic rings. The summed E-state index contributed by atoms with van der Waals surface area (Å²) in [6.07, 6.45) is -4.61. The second kappa shape index (κ2) is 6.59. The van der Waals surface area contributed by atoms with Crippen molar-refractivity contribution in [2.24, 2.45) is 0 Å². The van der Waals surface area contributed by atoms with Crippen molar-refractivity contribution in [3.8, 4) is 5.75 Å². The average molecular weight is 345 g/mol. The zero-order chi connectivity index (χ0) is 17.1. The first kappa shape index (κ1) is 17.3. The fraction of sp³-hybridized carbons (Fsp3) is 0.200. The van der Waals surface area contributed by atoms with E-state index in [1.54, 1.807) is 0 Å². The SMILES string of the molecule is O=S(=O)(Cc1ccccc1C(F)(F)F)NCc1ccc(O)cc1. The van der Waals surface area contributed by atoms with Crippen molar-refractivity contribution in [2.75, 3.05) is 0 Å². The van der Waals surface area contributed by atoms with Crippen molar-refractivity contribution < 1.29 is 26.7 Å². The lowest BCUT2D eigenvalue weighted by Crippen LogP contribution is -2.25. The first-order valence-electron chi connectivity index (χ1n) is 6.58. The van der Waals surface area contributed by atoms with E-state index in [9.17, 15) is 21.6 Å². The van der Waals surface area contributed by atoms with Gasteiger partial charge in [0.25, 0.3) is 0 Å². The number of hydrogen-bond acceptors (Lipinski definition) is 3. The highest BCUT2D eigenvalue weighted by Crippen LogP contribution is 2.32. The molecule has 0 radical (unpaired) electrons. The van der Waals surface area contributed by atoms with Gasteiger partial charge in [-0.3, -0.25) is 0 Å². The third-order valence-corrected chi connectivity index (χ3v) is 4.38. The Balaban J connectivity index is 2.11. The molecule has 0 saturated heterocycles. The van der Waals surface area contributed by atoms with Crippen LogP contribution in [0.1, 0.15) is 16.7 Å². The molecule has 0 aromatic heterocycles. The van der Waals surface area contributed by atoms with Gasteiger partial charge < -0.3 is 5.11 Å². The highest BCUT2D eigenvalue weighted by molar-refractivity contribution is 7.88. The summed E-state index contributed by atoms with van der Waals surface area (Å²) in [5, 5.41) is 9.14. The zero-order valence-electron chi connectivity index (χ0n) is 11.8. The molecule has 0 heterocycles. The van der Waals surface area contributed by atoms with E-state index in [0.717, 1.165) is 12.1 Å². The molecule has 0 spiro atoms. The molecule has 0 saturated carbocycles. The second-order valence-corrected chi connectivity index (χ2v) is 6.71. The predicted molar refractivity (Wildman–Crippen MR) is 79.0 cm³/mol. The number of halogens is 3. The molecule has 2 N–H and O–H groups in total. The number of nitrogens with one attached hydrogen (secondary N) is 1. The molecule has 23 heavy (non-hydrogen) atoms. The Labute approximate surface area is 131 Å². The van der Waals surface area contributed by atoms with Crippen LogP contribution in [0.3, 0.4) is 0 Å². The van der Waals surface area contributed by atoms with Gasteiger partial charge in [-0.25, -0.2) is 13.1 Å². The molecule has 0 aliphatic heterocycles. The van der Waals surface area contributed by atoms with Gasteiger partial charge in [-0.2, -0.15) is 13.2 Å². The van der Waals surface area contributed by atoms with Gasteiger partial charge in [0.05, 0.1) is 11.3 Å². The summed E-state index contributed by atoms with van der Waals surface area (Å²) in [4.78, 5) is 0. The monoisotopic (exact) mass is 345 g/mol. The van der Waals surface area contributed by atoms with Crippen LogP contribution >= 0.6 is 0 Å². The summed E-state index contributed by atoms with van der Waals surface area (Å²) in [6, 6.07) is 10.4. The summed E-state index contributed by atoms with van der Waals surface area (Å²) in [6.45, 7) is -0.0726. The molecule has 124 valence electrons. The molecule has 2 aromatic carbocycles. The molecule has 8 heteroatoms. The Morgan fingerprint density at radius 2 is 1.61 bits per heavy atom. The molecule has 0 aliphatic carbocycles. The third kappa shape index (κ3) is 4.97. The number of phenols is 1. The van der Waals surface area contributed by atoms with E-state index in [1.807, 2.05) is 0 Å². The fourth-order valence-corrected chi connectivity index (χ4v) is 3.14. The molecular formula is C15H14F3NO3S. The molecule has 2 aromatic rings. The predicted octanol–water partition coefficient (Wildman–Crippen LogP) is 3.03. The lowest BCUT2D eigenvalue weighted by atomic mass is 10.1. The van der Waals surface area contributed by atoms with Gasteiger partial charge in [-0.05, 0) is 29.3 Å². The highest BCUT2D eigenvalue weighted by atomic mass is 32.2. The Hall–Kier alpha value is -2.06. The first-order chi connectivity index (χ1) is 10.7. The van der Waals surface area contributed by atoms with Crippen LogP contribution in [-0.4, -0.2) is 13.5 Å². The van der Waals surface area contributed by atoms with E-state index in [0.29, 0.717) is 5.56 Å². The summed E-state index contributed by atoms with van der Waals surface area (Å²) in [7, 11) is -3.94. The van der Waals surface area contributed by atoms with Crippen LogP contribution in [0.4, 0.5) is 13.2 Å². The van der Waals surface area contributed by atoms with Crippen molar-refractivity contribution in [3.05, 3.63) is 65.2 Å². The Morgan fingerprint density at radius 1 is 1.00 bits per heavy atom. The van der Waals surface area contributed by atoms with Crippen LogP contribution in [-0.2, 0) is 28.5 Å². The summed E-state index contributed by atoms with van der Waals surface area (Å²) in [5.41, 5.74) is -0.691. The van der Waals surface area contributed by atoms with E-state index in [1.165, 1.54) is 36.4 Å². The molecule has 2 rings (SSSR count). The maximum Gasteiger partial charge on any atom is 0.416 e. The van der Waals surface area contributed by atoms with E-state index in [-0.39, 0.29) is 17.9 Å². The molecule has 0 atom stereocenters. The minimum Gasteiger partial charge on any atom is -0.508 e. The maximum atomic E-state index is 12.9. The third-order valence-electron chi connectivity index (χ3n) is 3.10.